The number of carbonyl (C=O) groups excluding carboxylic acids is 1. The van der Waals surface area contributed by atoms with Crippen molar-refractivity contribution < 1.29 is 15.0 Å². The molecule has 0 saturated carbocycles. The molecule has 0 aromatic heterocycles. The average Bonchev–Trinajstić information content (AvgIpc) is 2.48. The third-order valence-corrected chi connectivity index (χ3v) is 3.85. The van der Waals surface area contributed by atoms with Gasteiger partial charge in [-0.05, 0) is 31.4 Å². The van der Waals surface area contributed by atoms with Gasteiger partial charge in [0, 0.05) is 18.7 Å². The van der Waals surface area contributed by atoms with Gasteiger partial charge in [-0.15, -0.1) is 0 Å². The fourth-order valence-corrected chi connectivity index (χ4v) is 2.57. The van der Waals surface area contributed by atoms with Gasteiger partial charge in [-0.25, -0.2) is 0 Å². The Balaban J connectivity index is 2.28. The van der Waals surface area contributed by atoms with E-state index in [0.29, 0.717) is 30.6 Å². The molecule has 2 rings (SSSR count). The van der Waals surface area contributed by atoms with Crippen LogP contribution in [0.4, 0.5) is 0 Å². The maximum atomic E-state index is 12.7. The van der Waals surface area contributed by atoms with Crippen molar-refractivity contribution in [3.8, 4) is 11.8 Å². The minimum Gasteiger partial charge on any atom is -0.393 e. The first-order valence-corrected chi connectivity index (χ1v) is 7.20. The Hall–Kier alpha value is -1.83. The Labute approximate surface area is 125 Å². The normalized spacial score (nSPS) is 21.6. The summed E-state index contributed by atoms with van der Waals surface area (Å²) in [6.07, 6.45) is 0.274. The lowest BCUT2D eigenvalue weighted by molar-refractivity contribution is 0.0297. The molecule has 4 nitrogen and oxygen atoms in total. The first-order chi connectivity index (χ1) is 10.0. The van der Waals surface area contributed by atoms with E-state index in [4.69, 9.17) is 5.11 Å². The highest BCUT2D eigenvalue weighted by Gasteiger charge is 2.28. The van der Waals surface area contributed by atoms with Crippen LogP contribution >= 0.6 is 0 Å². The summed E-state index contributed by atoms with van der Waals surface area (Å²) >= 11 is 0. The zero-order valence-corrected chi connectivity index (χ0v) is 12.5. The van der Waals surface area contributed by atoms with Crippen LogP contribution < -0.4 is 0 Å². The minimum absolute atomic E-state index is 0.0558. The van der Waals surface area contributed by atoms with Gasteiger partial charge in [-0.3, -0.25) is 4.79 Å². The summed E-state index contributed by atoms with van der Waals surface area (Å²) in [4.78, 5) is 14.5. The van der Waals surface area contributed by atoms with Gasteiger partial charge in [0.15, 0.2) is 0 Å². The number of benzene rings is 1. The van der Waals surface area contributed by atoms with Crippen molar-refractivity contribution in [2.45, 2.75) is 26.4 Å². The molecular weight excluding hydrogens is 266 g/mol. The summed E-state index contributed by atoms with van der Waals surface area (Å²) in [6.45, 7) is 4.77. The highest BCUT2D eigenvalue weighted by molar-refractivity contribution is 5.97. The van der Waals surface area contributed by atoms with E-state index in [1.54, 1.807) is 4.90 Å². The van der Waals surface area contributed by atoms with Gasteiger partial charge >= 0.3 is 0 Å². The van der Waals surface area contributed by atoms with E-state index in [2.05, 4.69) is 11.8 Å². The number of aliphatic hydroxyl groups is 2. The van der Waals surface area contributed by atoms with Crippen LogP contribution in [0, 0.1) is 24.7 Å². The second-order valence-electron chi connectivity index (χ2n) is 5.59. The van der Waals surface area contributed by atoms with Crippen LogP contribution in [0.3, 0.4) is 0 Å². The quantitative estimate of drug-likeness (QED) is 0.763. The van der Waals surface area contributed by atoms with Crippen LogP contribution in [-0.4, -0.2) is 46.8 Å². The number of hydrogen-bond donors (Lipinski definition) is 2. The predicted octanol–water partition coefficient (Wildman–Crippen LogP) is 1.18. The van der Waals surface area contributed by atoms with Crippen LogP contribution in [0.25, 0.3) is 0 Å². The fourth-order valence-electron chi connectivity index (χ4n) is 2.57. The number of aliphatic hydroxyl groups excluding tert-OH is 2. The van der Waals surface area contributed by atoms with E-state index >= 15 is 0 Å². The number of hydrogen-bond acceptors (Lipinski definition) is 3. The van der Waals surface area contributed by atoms with E-state index in [9.17, 15) is 9.90 Å². The van der Waals surface area contributed by atoms with Crippen molar-refractivity contribution in [3.63, 3.8) is 0 Å². The molecule has 1 heterocycles. The second kappa shape index (κ2) is 6.75. The van der Waals surface area contributed by atoms with E-state index in [0.717, 1.165) is 5.56 Å². The second-order valence-corrected chi connectivity index (χ2v) is 5.59. The summed E-state index contributed by atoms with van der Waals surface area (Å²) in [6, 6.07) is 5.55. The monoisotopic (exact) mass is 287 g/mol. The van der Waals surface area contributed by atoms with Crippen LogP contribution in [-0.2, 0) is 0 Å². The van der Waals surface area contributed by atoms with Gasteiger partial charge in [0.25, 0.3) is 5.91 Å². The van der Waals surface area contributed by atoms with Crippen LogP contribution in [0.1, 0.15) is 34.8 Å². The van der Waals surface area contributed by atoms with Gasteiger partial charge in [-0.1, -0.05) is 30.4 Å². The van der Waals surface area contributed by atoms with Crippen molar-refractivity contribution in [1.82, 2.24) is 4.90 Å². The zero-order chi connectivity index (χ0) is 15.4. The Morgan fingerprint density at radius 3 is 2.90 bits per heavy atom. The molecule has 1 aromatic rings. The van der Waals surface area contributed by atoms with E-state index in [1.165, 1.54) is 0 Å². The summed E-state index contributed by atoms with van der Waals surface area (Å²) in [5.41, 5.74) is 2.20. The minimum atomic E-state index is -0.333. The maximum Gasteiger partial charge on any atom is 0.255 e. The number of rotatable bonds is 1. The predicted molar refractivity (Wildman–Crippen MR) is 80.8 cm³/mol. The average molecular weight is 287 g/mol. The molecule has 0 aliphatic carbocycles. The van der Waals surface area contributed by atoms with Crippen molar-refractivity contribution in [1.29, 1.82) is 0 Å². The molecule has 1 aromatic carbocycles. The Morgan fingerprint density at radius 1 is 1.48 bits per heavy atom. The highest BCUT2D eigenvalue weighted by atomic mass is 16.3. The molecule has 4 heteroatoms. The van der Waals surface area contributed by atoms with E-state index in [-0.39, 0.29) is 24.5 Å². The third-order valence-electron chi connectivity index (χ3n) is 3.85. The molecule has 1 saturated heterocycles. The lowest BCUT2D eigenvalue weighted by atomic mass is 9.95. The summed E-state index contributed by atoms with van der Waals surface area (Å²) in [5, 5.41) is 18.6. The molecule has 0 radical (unpaired) electrons. The fraction of sp³-hybridized carbons (Fsp3) is 0.471. The van der Waals surface area contributed by atoms with Crippen LogP contribution in [0.5, 0.6) is 0 Å². The lowest BCUT2D eigenvalue weighted by Gasteiger charge is -2.34. The molecule has 1 fully saturated rings. The molecule has 2 atom stereocenters. The van der Waals surface area contributed by atoms with E-state index in [1.807, 2.05) is 32.0 Å². The molecule has 0 bridgehead atoms. The Morgan fingerprint density at radius 2 is 2.24 bits per heavy atom. The number of aryl methyl sites for hydroxylation is 1. The molecule has 1 aliphatic heterocycles. The summed E-state index contributed by atoms with van der Waals surface area (Å²) in [5.74, 6) is 5.45. The summed E-state index contributed by atoms with van der Waals surface area (Å²) < 4.78 is 0. The standard InChI is InChI=1S/C17H21NO3/c1-12-5-6-14(4-3-9-19)15(10-12)17(21)18-8-7-16(20)13(2)11-18/h5-6,10,13,16,19-20H,7-9,11H2,1-2H3. The van der Waals surface area contributed by atoms with Gasteiger partial charge in [0.05, 0.1) is 11.7 Å². The molecule has 0 spiro atoms. The topological polar surface area (TPSA) is 60.8 Å². The van der Waals surface area contributed by atoms with Crippen molar-refractivity contribution in [2.24, 2.45) is 5.92 Å². The smallest absolute Gasteiger partial charge is 0.255 e. The van der Waals surface area contributed by atoms with Crippen LogP contribution in [0.15, 0.2) is 18.2 Å². The third kappa shape index (κ3) is 3.63. The maximum absolute atomic E-state index is 12.7. The number of carbonyl (C=O) groups is 1. The SMILES string of the molecule is Cc1ccc(C#CCO)c(C(=O)N2CCC(O)C(C)C2)c1. The zero-order valence-electron chi connectivity index (χ0n) is 12.5. The number of nitrogens with zero attached hydrogens (tertiary/aromatic N) is 1. The lowest BCUT2D eigenvalue weighted by Crippen LogP contribution is -2.45. The molecule has 112 valence electrons. The molecule has 1 aliphatic rings. The molecule has 1 amide bonds. The number of piperidine rings is 1. The van der Waals surface area contributed by atoms with Crippen LogP contribution in [0.2, 0.25) is 0 Å². The molecule has 21 heavy (non-hydrogen) atoms. The van der Waals surface area contributed by atoms with Crippen molar-refractivity contribution in [3.05, 3.63) is 34.9 Å². The first-order valence-electron chi connectivity index (χ1n) is 7.20. The van der Waals surface area contributed by atoms with Gasteiger partial charge in [0.1, 0.15) is 6.61 Å². The summed E-state index contributed by atoms with van der Waals surface area (Å²) in [7, 11) is 0. The van der Waals surface area contributed by atoms with Gasteiger partial charge < -0.3 is 15.1 Å². The van der Waals surface area contributed by atoms with Crippen molar-refractivity contribution >= 4 is 5.91 Å². The Bertz CT molecular complexity index is 585. The first kappa shape index (κ1) is 15.6. The van der Waals surface area contributed by atoms with Gasteiger partial charge in [0.2, 0.25) is 0 Å². The number of likely N-dealkylation sites (tertiary alicyclic amines) is 1. The molecule has 2 unspecified atom stereocenters. The van der Waals surface area contributed by atoms with E-state index < -0.39 is 0 Å². The van der Waals surface area contributed by atoms with Gasteiger partial charge in [-0.2, -0.15) is 0 Å². The largest absolute Gasteiger partial charge is 0.393 e. The van der Waals surface area contributed by atoms with Crippen molar-refractivity contribution in [2.75, 3.05) is 19.7 Å². The molecular formula is C17H21NO3. The Kier molecular flexibility index (Phi) is 5.00. The number of amides is 1. The molecule has 2 N–H and O–H groups in total. The highest BCUT2D eigenvalue weighted by Crippen LogP contribution is 2.20.